The summed E-state index contributed by atoms with van der Waals surface area (Å²) in [6.45, 7) is 2.00. The van der Waals surface area contributed by atoms with E-state index < -0.39 is 0 Å². The third-order valence-corrected chi connectivity index (χ3v) is 3.23. The number of fused-ring (bicyclic) bond motifs is 1. The second-order valence-electron chi connectivity index (χ2n) is 4.25. The molecular formula is C14H13N3. The molecule has 0 bridgehead atoms. The van der Waals surface area contributed by atoms with Crippen LogP contribution in [0.25, 0.3) is 0 Å². The van der Waals surface area contributed by atoms with Crippen molar-refractivity contribution in [3.8, 4) is 6.07 Å². The quantitative estimate of drug-likeness (QED) is 0.803. The number of hydrogen-bond acceptors (Lipinski definition) is 2. The molecule has 2 aromatic rings. The first-order chi connectivity index (χ1) is 8.38. The first-order valence-electron chi connectivity index (χ1n) is 5.77. The van der Waals surface area contributed by atoms with Gasteiger partial charge in [-0.2, -0.15) is 5.26 Å². The molecule has 0 spiro atoms. The van der Waals surface area contributed by atoms with Crippen LogP contribution in [0.3, 0.4) is 0 Å². The maximum Gasteiger partial charge on any atom is 0.0991 e. The lowest BCUT2D eigenvalue weighted by Gasteiger charge is -2.26. The largest absolute Gasteiger partial charge is 0.348 e. The van der Waals surface area contributed by atoms with Gasteiger partial charge < -0.3 is 9.88 Å². The fraction of sp³-hybridized carbons (Fsp3) is 0.214. The Labute approximate surface area is 100 Å². The van der Waals surface area contributed by atoms with Crippen molar-refractivity contribution in [2.45, 2.75) is 12.6 Å². The van der Waals surface area contributed by atoms with Gasteiger partial charge in [-0.3, -0.25) is 0 Å². The molecule has 1 atom stereocenters. The van der Waals surface area contributed by atoms with Crippen LogP contribution >= 0.6 is 0 Å². The molecule has 1 aliphatic rings. The molecule has 2 heterocycles. The van der Waals surface area contributed by atoms with E-state index in [0.29, 0.717) is 5.56 Å². The molecule has 1 aliphatic heterocycles. The van der Waals surface area contributed by atoms with Crippen LogP contribution in [0.15, 0.2) is 42.6 Å². The molecule has 0 unspecified atom stereocenters. The van der Waals surface area contributed by atoms with Gasteiger partial charge in [-0.15, -0.1) is 0 Å². The standard InChI is InChI=1S/C14H13N3/c15-10-11-3-5-12(6-4-11)14-13-2-1-8-17(13)9-7-16-14/h1-6,8,14,16H,7,9H2/t14-/m0/s1. The van der Waals surface area contributed by atoms with Gasteiger partial charge in [0.15, 0.2) is 0 Å². The van der Waals surface area contributed by atoms with Crippen LogP contribution in [0.5, 0.6) is 0 Å². The molecule has 3 rings (SSSR count). The number of hydrogen-bond donors (Lipinski definition) is 1. The van der Waals surface area contributed by atoms with Crippen molar-refractivity contribution < 1.29 is 0 Å². The second-order valence-corrected chi connectivity index (χ2v) is 4.25. The zero-order valence-corrected chi connectivity index (χ0v) is 9.43. The lowest BCUT2D eigenvalue weighted by atomic mass is 10.0. The Morgan fingerprint density at radius 3 is 2.82 bits per heavy atom. The summed E-state index contributed by atoms with van der Waals surface area (Å²) >= 11 is 0. The highest BCUT2D eigenvalue weighted by Gasteiger charge is 2.20. The normalized spacial score (nSPS) is 18.4. The Kier molecular flexibility index (Phi) is 2.43. The molecule has 17 heavy (non-hydrogen) atoms. The van der Waals surface area contributed by atoms with Crippen LogP contribution in [-0.4, -0.2) is 11.1 Å². The van der Waals surface area contributed by atoms with E-state index in [4.69, 9.17) is 5.26 Å². The lowest BCUT2D eigenvalue weighted by Crippen LogP contribution is -2.33. The molecule has 0 saturated carbocycles. The molecule has 1 aromatic carbocycles. The SMILES string of the molecule is N#Cc1ccc([C@@H]2NCCn3cccc32)cc1. The molecule has 0 radical (unpaired) electrons. The summed E-state index contributed by atoms with van der Waals surface area (Å²) in [7, 11) is 0. The number of nitrogens with one attached hydrogen (secondary N) is 1. The molecular weight excluding hydrogens is 210 g/mol. The van der Waals surface area contributed by atoms with Crippen molar-refractivity contribution in [2.75, 3.05) is 6.54 Å². The summed E-state index contributed by atoms with van der Waals surface area (Å²) in [5, 5.41) is 12.3. The summed E-state index contributed by atoms with van der Waals surface area (Å²) in [6.07, 6.45) is 2.12. The van der Waals surface area contributed by atoms with Gasteiger partial charge in [-0.25, -0.2) is 0 Å². The minimum absolute atomic E-state index is 0.242. The molecule has 3 nitrogen and oxygen atoms in total. The highest BCUT2D eigenvalue weighted by Crippen LogP contribution is 2.25. The fourth-order valence-electron chi connectivity index (χ4n) is 2.37. The Bertz CT molecular complexity index is 560. The first-order valence-corrected chi connectivity index (χ1v) is 5.77. The maximum atomic E-state index is 8.79. The van der Waals surface area contributed by atoms with Crippen molar-refractivity contribution >= 4 is 0 Å². The number of aromatic nitrogens is 1. The van der Waals surface area contributed by atoms with E-state index in [2.05, 4.69) is 34.3 Å². The molecule has 1 N–H and O–H groups in total. The first kappa shape index (κ1) is 10.1. The molecule has 0 fully saturated rings. The highest BCUT2D eigenvalue weighted by atomic mass is 15.1. The molecule has 3 heteroatoms. The monoisotopic (exact) mass is 223 g/mol. The van der Waals surface area contributed by atoms with Crippen molar-refractivity contribution in [1.29, 1.82) is 5.26 Å². The molecule has 0 aliphatic carbocycles. The van der Waals surface area contributed by atoms with Gasteiger partial charge >= 0.3 is 0 Å². The number of rotatable bonds is 1. The summed E-state index contributed by atoms with van der Waals surface area (Å²) in [4.78, 5) is 0. The van der Waals surface area contributed by atoms with Gasteiger partial charge in [0.25, 0.3) is 0 Å². The second kappa shape index (κ2) is 4.08. The molecule has 0 saturated heterocycles. The molecule has 1 aromatic heterocycles. The fourth-order valence-corrected chi connectivity index (χ4v) is 2.37. The van der Waals surface area contributed by atoms with Crippen LogP contribution in [0.1, 0.15) is 22.9 Å². The highest BCUT2D eigenvalue weighted by molar-refractivity contribution is 5.36. The average molecular weight is 223 g/mol. The maximum absolute atomic E-state index is 8.79. The van der Waals surface area contributed by atoms with Crippen molar-refractivity contribution in [3.63, 3.8) is 0 Å². The van der Waals surface area contributed by atoms with Gasteiger partial charge in [-0.1, -0.05) is 12.1 Å². The third kappa shape index (κ3) is 1.73. The topological polar surface area (TPSA) is 40.8 Å². The predicted octanol–water partition coefficient (Wildman–Crippen LogP) is 2.05. The van der Waals surface area contributed by atoms with E-state index in [0.717, 1.165) is 13.1 Å². The van der Waals surface area contributed by atoms with E-state index in [1.54, 1.807) is 0 Å². The van der Waals surface area contributed by atoms with Crippen LogP contribution in [0.2, 0.25) is 0 Å². The van der Waals surface area contributed by atoms with Crippen molar-refractivity contribution in [3.05, 3.63) is 59.4 Å². The van der Waals surface area contributed by atoms with E-state index in [9.17, 15) is 0 Å². The van der Waals surface area contributed by atoms with Gasteiger partial charge in [-0.05, 0) is 29.8 Å². The summed E-state index contributed by atoms with van der Waals surface area (Å²) in [5.41, 5.74) is 3.21. The summed E-state index contributed by atoms with van der Waals surface area (Å²) in [5.74, 6) is 0. The Morgan fingerprint density at radius 1 is 1.24 bits per heavy atom. The smallest absolute Gasteiger partial charge is 0.0991 e. The summed E-state index contributed by atoms with van der Waals surface area (Å²) < 4.78 is 2.28. The van der Waals surface area contributed by atoms with Gasteiger partial charge in [0.1, 0.15) is 0 Å². The van der Waals surface area contributed by atoms with E-state index in [1.165, 1.54) is 11.3 Å². The predicted molar refractivity (Wildman–Crippen MR) is 65.4 cm³/mol. The number of benzene rings is 1. The zero-order chi connectivity index (χ0) is 11.7. The van der Waals surface area contributed by atoms with Crippen molar-refractivity contribution in [1.82, 2.24) is 9.88 Å². The van der Waals surface area contributed by atoms with Crippen molar-refractivity contribution in [2.24, 2.45) is 0 Å². The average Bonchev–Trinajstić information content (AvgIpc) is 2.87. The van der Waals surface area contributed by atoms with Crippen LogP contribution in [0, 0.1) is 11.3 Å². The lowest BCUT2D eigenvalue weighted by molar-refractivity contribution is 0.467. The summed E-state index contributed by atoms with van der Waals surface area (Å²) in [6, 6.07) is 14.4. The van der Waals surface area contributed by atoms with Gasteiger partial charge in [0.2, 0.25) is 0 Å². The van der Waals surface area contributed by atoms with Crippen LogP contribution in [-0.2, 0) is 6.54 Å². The van der Waals surface area contributed by atoms with Crippen LogP contribution < -0.4 is 5.32 Å². The number of nitrogens with zero attached hydrogens (tertiary/aromatic N) is 2. The Morgan fingerprint density at radius 2 is 2.06 bits per heavy atom. The van der Waals surface area contributed by atoms with E-state index in [1.807, 2.05) is 24.3 Å². The Hall–Kier alpha value is -2.05. The minimum atomic E-state index is 0.242. The Balaban J connectivity index is 1.98. The van der Waals surface area contributed by atoms with Crippen LogP contribution in [0.4, 0.5) is 0 Å². The molecule has 0 amide bonds. The molecule has 84 valence electrons. The van der Waals surface area contributed by atoms with Gasteiger partial charge in [0, 0.05) is 25.0 Å². The van der Waals surface area contributed by atoms with E-state index >= 15 is 0 Å². The van der Waals surface area contributed by atoms with E-state index in [-0.39, 0.29) is 6.04 Å². The number of nitriles is 1. The minimum Gasteiger partial charge on any atom is -0.348 e. The van der Waals surface area contributed by atoms with Gasteiger partial charge in [0.05, 0.1) is 17.7 Å². The zero-order valence-electron chi connectivity index (χ0n) is 9.43. The third-order valence-electron chi connectivity index (χ3n) is 3.23.